The molecule has 0 aliphatic rings. The van der Waals surface area contributed by atoms with Gasteiger partial charge in [-0.3, -0.25) is 9.48 Å². The van der Waals surface area contributed by atoms with Crippen LogP contribution in [0.5, 0.6) is 0 Å². The van der Waals surface area contributed by atoms with Crippen LogP contribution < -0.4 is 11.1 Å². The highest BCUT2D eigenvalue weighted by Gasteiger charge is 2.02. The fourth-order valence-corrected chi connectivity index (χ4v) is 1.29. The summed E-state index contributed by atoms with van der Waals surface area (Å²) in [5.41, 5.74) is 6.06. The second-order valence-electron chi connectivity index (χ2n) is 3.98. The van der Waals surface area contributed by atoms with Crippen molar-refractivity contribution in [2.45, 2.75) is 13.0 Å². The van der Waals surface area contributed by atoms with Crippen LogP contribution in [-0.2, 0) is 11.3 Å². The number of anilines is 1. The monoisotopic (exact) mass is 225 g/mol. The minimum Gasteiger partial charge on any atom is -0.396 e. The Balaban J connectivity index is 2.16. The number of aromatic nitrogens is 2. The molecule has 0 aliphatic carbocycles. The number of amides is 1. The lowest BCUT2D eigenvalue weighted by Crippen LogP contribution is -2.30. The Bertz CT molecular complexity index is 334. The van der Waals surface area contributed by atoms with E-state index in [0.29, 0.717) is 12.2 Å². The number of carbonyl (C=O) groups is 1. The van der Waals surface area contributed by atoms with E-state index in [1.165, 1.54) is 10.9 Å². The van der Waals surface area contributed by atoms with Crippen molar-refractivity contribution in [3.8, 4) is 0 Å². The summed E-state index contributed by atoms with van der Waals surface area (Å²) in [6.07, 6.45) is 4.11. The van der Waals surface area contributed by atoms with Crippen LogP contribution in [0.3, 0.4) is 0 Å². The Hall–Kier alpha value is -1.56. The quantitative estimate of drug-likeness (QED) is 0.642. The molecule has 0 spiro atoms. The number of nitrogen functional groups attached to an aromatic ring is 1. The van der Waals surface area contributed by atoms with Crippen molar-refractivity contribution in [3.63, 3.8) is 0 Å². The molecule has 0 bridgehead atoms. The predicted octanol–water partition coefficient (Wildman–Crippen LogP) is -0.467. The molecule has 0 saturated carbocycles. The highest BCUT2D eigenvalue weighted by molar-refractivity contribution is 5.75. The number of nitrogens with two attached hydrogens (primary N) is 1. The van der Waals surface area contributed by atoms with Gasteiger partial charge in [0.1, 0.15) is 6.54 Å². The Morgan fingerprint density at radius 1 is 1.62 bits per heavy atom. The Labute approximate surface area is 95.4 Å². The third kappa shape index (κ3) is 4.79. The molecule has 3 N–H and O–H groups in total. The SMILES string of the molecule is CN(C)CCCNC(=O)Cn1cc(N)cn1. The summed E-state index contributed by atoms with van der Waals surface area (Å²) in [4.78, 5) is 13.5. The Morgan fingerprint density at radius 3 is 2.94 bits per heavy atom. The average molecular weight is 225 g/mol. The summed E-state index contributed by atoms with van der Waals surface area (Å²) in [6, 6.07) is 0. The standard InChI is InChI=1S/C10H19N5O/c1-14(2)5-3-4-12-10(16)8-15-7-9(11)6-13-15/h6-7H,3-5,8,11H2,1-2H3,(H,12,16). The van der Waals surface area contributed by atoms with Crippen LogP contribution in [0.15, 0.2) is 12.4 Å². The molecule has 0 atom stereocenters. The van der Waals surface area contributed by atoms with Gasteiger partial charge in [0.05, 0.1) is 11.9 Å². The number of nitrogens with zero attached hydrogens (tertiary/aromatic N) is 3. The highest BCUT2D eigenvalue weighted by Crippen LogP contribution is 1.96. The van der Waals surface area contributed by atoms with E-state index in [2.05, 4.69) is 15.3 Å². The minimum atomic E-state index is -0.0399. The Morgan fingerprint density at radius 2 is 2.38 bits per heavy atom. The smallest absolute Gasteiger partial charge is 0.241 e. The molecule has 1 aromatic rings. The highest BCUT2D eigenvalue weighted by atomic mass is 16.2. The number of hydrogen-bond acceptors (Lipinski definition) is 4. The van der Waals surface area contributed by atoms with Gasteiger partial charge in [-0.1, -0.05) is 0 Å². The van der Waals surface area contributed by atoms with Crippen LogP contribution in [0.1, 0.15) is 6.42 Å². The summed E-state index contributed by atoms with van der Waals surface area (Å²) in [7, 11) is 4.02. The summed E-state index contributed by atoms with van der Waals surface area (Å²) in [5, 5.41) is 6.76. The van der Waals surface area contributed by atoms with Gasteiger partial charge < -0.3 is 16.0 Å². The zero-order valence-corrected chi connectivity index (χ0v) is 9.81. The van der Waals surface area contributed by atoms with E-state index in [1.54, 1.807) is 6.20 Å². The summed E-state index contributed by atoms with van der Waals surface area (Å²) >= 11 is 0. The molecule has 0 unspecified atom stereocenters. The molecule has 16 heavy (non-hydrogen) atoms. The van der Waals surface area contributed by atoms with Crippen molar-refractivity contribution in [2.24, 2.45) is 0 Å². The fraction of sp³-hybridized carbons (Fsp3) is 0.600. The molecule has 1 amide bonds. The van der Waals surface area contributed by atoms with Crippen LogP contribution in [0.4, 0.5) is 5.69 Å². The zero-order chi connectivity index (χ0) is 12.0. The van der Waals surface area contributed by atoms with Crippen LogP contribution in [-0.4, -0.2) is 47.8 Å². The molecule has 6 heteroatoms. The van der Waals surface area contributed by atoms with E-state index in [4.69, 9.17) is 5.73 Å². The van der Waals surface area contributed by atoms with Gasteiger partial charge >= 0.3 is 0 Å². The number of carbonyl (C=O) groups excluding carboxylic acids is 1. The van der Waals surface area contributed by atoms with Gasteiger partial charge in [0.2, 0.25) is 5.91 Å². The molecule has 1 rings (SSSR count). The van der Waals surface area contributed by atoms with Gasteiger partial charge in [-0.05, 0) is 27.1 Å². The van der Waals surface area contributed by atoms with Gasteiger partial charge in [-0.2, -0.15) is 5.10 Å². The van der Waals surface area contributed by atoms with Crippen molar-refractivity contribution >= 4 is 11.6 Å². The first kappa shape index (κ1) is 12.5. The van der Waals surface area contributed by atoms with Crippen molar-refractivity contribution in [3.05, 3.63) is 12.4 Å². The maximum absolute atomic E-state index is 11.4. The van der Waals surface area contributed by atoms with Crippen molar-refractivity contribution < 1.29 is 4.79 Å². The molecule has 1 heterocycles. The summed E-state index contributed by atoms with van der Waals surface area (Å²) < 4.78 is 1.52. The molecule has 1 aromatic heterocycles. The van der Waals surface area contributed by atoms with E-state index in [0.717, 1.165) is 13.0 Å². The van der Waals surface area contributed by atoms with Gasteiger partial charge in [0.15, 0.2) is 0 Å². The third-order valence-corrected chi connectivity index (χ3v) is 2.06. The maximum Gasteiger partial charge on any atom is 0.241 e. The molecule has 0 aromatic carbocycles. The van der Waals surface area contributed by atoms with Crippen LogP contribution in [0.2, 0.25) is 0 Å². The molecular weight excluding hydrogens is 206 g/mol. The van der Waals surface area contributed by atoms with Crippen LogP contribution in [0.25, 0.3) is 0 Å². The predicted molar refractivity (Wildman–Crippen MR) is 62.8 cm³/mol. The second kappa shape index (κ2) is 6.12. The largest absolute Gasteiger partial charge is 0.396 e. The van der Waals surface area contributed by atoms with Crippen molar-refractivity contribution in [1.29, 1.82) is 0 Å². The first-order valence-corrected chi connectivity index (χ1v) is 5.27. The minimum absolute atomic E-state index is 0.0399. The van der Waals surface area contributed by atoms with Crippen LogP contribution in [0, 0.1) is 0 Å². The number of rotatable bonds is 6. The van der Waals surface area contributed by atoms with Gasteiger partial charge in [-0.15, -0.1) is 0 Å². The molecule has 0 fully saturated rings. The van der Waals surface area contributed by atoms with Crippen molar-refractivity contribution in [2.75, 3.05) is 32.9 Å². The molecule has 90 valence electrons. The first-order valence-electron chi connectivity index (χ1n) is 5.27. The number of nitrogens with one attached hydrogen (secondary N) is 1. The summed E-state index contributed by atoms with van der Waals surface area (Å²) in [6.45, 7) is 1.88. The van der Waals surface area contributed by atoms with Crippen molar-refractivity contribution in [1.82, 2.24) is 20.0 Å². The molecule has 0 radical (unpaired) electrons. The maximum atomic E-state index is 11.4. The van der Waals surface area contributed by atoms with E-state index >= 15 is 0 Å². The fourth-order valence-electron chi connectivity index (χ4n) is 1.29. The lowest BCUT2D eigenvalue weighted by Gasteiger charge is -2.09. The molecule has 6 nitrogen and oxygen atoms in total. The lowest BCUT2D eigenvalue weighted by atomic mass is 10.4. The molecule has 0 aliphatic heterocycles. The molecular formula is C10H19N5O. The lowest BCUT2D eigenvalue weighted by molar-refractivity contribution is -0.121. The molecule has 0 saturated heterocycles. The average Bonchev–Trinajstić information content (AvgIpc) is 2.58. The van der Waals surface area contributed by atoms with E-state index in [1.807, 2.05) is 14.1 Å². The Kier molecular flexibility index (Phi) is 4.78. The van der Waals surface area contributed by atoms with E-state index in [9.17, 15) is 4.79 Å². The normalized spacial score (nSPS) is 10.7. The summed E-state index contributed by atoms with van der Waals surface area (Å²) in [5.74, 6) is -0.0399. The third-order valence-electron chi connectivity index (χ3n) is 2.06. The van der Waals surface area contributed by atoms with E-state index < -0.39 is 0 Å². The van der Waals surface area contributed by atoms with Gasteiger partial charge in [0.25, 0.3) is 0 Å². The van der Waals surface area contributed by atoms with E-state index in [-0.39, 0.29) is 12.5 Å². The zero-order valence-electron chi connectivity index (χ0n) is 9.81. The number of hydrogen-bond donors (Lipinski definition) is 2. The topological polar surface area (TPSA) is 76.2 Å². The first-order chi connectivity index (χ1) is 7.58. The van der Waals surface area contributed by atoms with Gasteiger partial charge in [0, 0.05) is 12.7 Å². The van der Waals surface area contributed by atoms with Crippen LogP contribution >= 0.6 is 0 Å². The van der Waals surface area contributed by atoms with Gasteiger partial charge in [-0.25, -0.2) is 0 Å². The second-order valence-corrected chi connectivity index (χ2v) is 3.98.